The lowest BCUT2D eigenvalue weighted by Crippen LogP contribution is -2.28. The highest BCUT2D eigenvalue weighted by molar-refractivity contribution is 6.33. The van der Waals surface area contributed by atoms with Crippen LogP contribution in [0.15, 0.2) is 42.5 Å². The summed E-state index contributed by atoms with van der Waals surface area (Å²) in [5.41, 5.74) is 2.49. The highest BCUT2D eigenvalue weighted by Crippen LogP contribution is 2.21. The molecule has 1 atom stereocenters. The Morgan fingerprint density at radius 1 is 1.24 bits per heavy atom. The number of rotatable bonds is 4. The minimum Gasteiger partial charge on any atom is -0.345 e. The molecule has 0 aliphatic carbocycles. The minimum absolute atomic E-state index is 0.0979. The first-order chi connectivity index (χ1) is 10.0. The standard InChI is InChI=1S/C17H17ClFNO/c1-3-16(12-6-4-11(2)5-7-12)20-17(21)14-9-8-13(19)10-15(14)18/h4-10,16H,3H2,1-2H3,(H,20,21). The van der Waals surface area contributed by atoms with Gasteiger partial charge in [-0.1, -0.05) is 48.4 Å². The van der Waals surface area contributed by atoms with Crippen LogP contribution in [0.2, 0.25) is 5.02 Å². The van der Waals surface area contributed by atoms with Crippen molar-refractivity contribution in [3.05, 3.63) is 70.0 Å². The second-order valence-corrected chi connectivity index (χ2v) is 5.38. The second kappa shape index (κ2) is 6.72. The summed E-state index contributed by atoms with van der Waals surface area (Å²) in [5.74, 6) is -0.755. The Morgan fingerprint density at radius 3 is 2.48 bits per heavy atom. The third-order valence-corrected chi connectivity index (χ3v) is 3.68. The number of carbonyl (C=O) groups excluding carboxylic acids is 1. The van der Waals surface area contributed by atoms with E-state index in [-0.39, 0.29) is 22.5 Å². The first-order valence-corrected chi connectivity index (χ1v) is 7.21. The van der Waals surface area contributed by atoms with Gasteiger partial charge in [0.05, 0.1) is 16.6 Å². The number of hydrogen-bond acceptors (Lipinski definition) is 1. The third-order valence-electron chi connectivity index (χ3n) is 3.37. The number of hydrogen-bond donors (Lipinski definition) is 1. The predicted octanol–water partition coefficient (Wildman–Crippen LogP) is 4.67. The van der Waals surface area contributed by atoms with Gasteiger partial charge in [0.25, 0.3) is 5.91 Å². The number of carbonyl (C=O) groups is 1. The summed E-state index contributed by atoms with van der Waals surface area (Å²) in [6.07, 6.45) is 0.758. The number of nitrogens with one attached hydrogen (secondary N) is 1. The van der Waals surface area contributed by atoms with E-state index in [1.54, 1.807) is 0 Å². The second-order valence-electron chi connectivity index (χ2n) is 4.97. The highest BCUT2D eigenvalue weighted by Gasteiger charge is 2.16. The van der Waals surface area contributed by atoms with Gasteiger partial charge in [0, 0.05) is 0 Å². The fourth-order valence-corrected chi connectivity index (χ4v) is 2.38. The first-order valence-electron chi connectivity index (χ1n) is 6.83. The SMILES string of the molecule is CCC(NC(=O)c1ccc(F)cc1Cl)c1ccc(C)cc1. The van der Waals surface area contributed by atoms with Crippen molar-refractivity contribution in [3.63, 3.8) is 0 Å². The molecular formula is C17H17ClFNO. The smallest absolute Gasteiger partial charge is 0.253 e. The van der Waals surface area contributed by atoms with Crippen LogP contribution in [-0.4, -0.2) is 5.91 Å². The van der Waals surface area contributed by atoms with Crippen molar-refractivity contribution in [2.24, 2.45) is 0 Å². The van der Waals surface area contributed by atoms with Gasteiger partial charge in [0.2, 0.25) is 0 Å². The van der Waals surface area contributed by atoms with Gasteiger partial charge in [-0.25, -0.2) is 4.39 Å². The average molecular weight is 306 g/mol. The maximum absolute atomic E-state index is 13.0. The lowest BCUT2D eigenvalue weighted by Gasteiger charge is -2.18. The van der Waals surface area contributed by atoms with Crippen molar-refractivity contribution < 1.29 is 9.18 Å². The van der Waals surface area contributed by atoms with Crippen LogP contribution >= 0.6 is 11.6 Å². The van der Waals surface area contributed by atoms with E-state index in [0.29, 0.717) is 0 Å². The van der Waals surface area contributed by atoms with Crippen molar-refractivity contribution in [1.82, 2.24) is 5.32 Å². The van der Waals surface area contributed by atoms with E-state index in [1.807, 2.05) is 38.1 Å². The minimum atomic E-state index is -0.456. The topological polar surface area (TPSA) is 29.1 Å². The van der Waals surface area contributed by atoms with Gasteiger partial charge < -0.3 is 5.32 Å². The third kappa shape index (κ3) is 3.82. The Bertz CT molecular complexity index is 640. The van der Waals surface area contributed by atoms with Crippen LogP contribution in [0.4, 0.5) is 4.39 Å². The Morgan fingerprint density at radius 2 is 1.90 bits per heavy atom. The summed E-state index contributed by atoms with van der Waals surface area (Å²) < 4.78 is 13.0. The monoisotopic (exact) mass is 305 g/mol. The maximum atomic E-state index is 13.0. The molecule has 2 aromatic rings. The van der Waals surface area contributed by atoms with Crippen molar-refractivity contribution >= 4 is 17.5 Å². The van der Waals surface area contributed by atoms with E-state index in [0.717, 1.165) is 18.1 Å². The maximum Gasteiger partial charge on any atom is 0.253 e. The van der Waals surface area contributed by atoms with E-state index >= 15 is 0 Å². The number of halogens is 2. The lowest BCUT2D eigenvalue weighted by atomic mass is 10.0. The van der Waals surface area contributed by atoms with Crippen molar-refractivity contribution in [2.45, 2.75) is 26.3 Å². The molecule has 0 aromatic heterocycles. The van der Waals surface area contributed by atoms with E-state index in [1.165, 1.54) is 17.7 Å². The summed E-state index contributed by atoms with van der Waals surface area (Å²) in [4.78, 5) is 12.3. The van der Waals surface area contributed by atoms with Crippen LogP contribution in [0, 0.1) is 12.7 Å². The molecule has 0 bridgehead atoms. The van der Waals surface area contributed by atoms with E-state index in [9.17, 15) is 9.18 Å². The van der Waals surface area contributed by atoms with Crippen molar-refractivity contribution in [3.8, 4) is 0 Å². The summed E-state index contributed by atoms with van der Waals surface area (Å²) in [6, 6.07) is 11.7. The highest BCUT2D eigenvalue weighted by atomic mass is 35.5. The van der Waals surface area contributed by atoms with Gasteiger partial charge in [-0.3, -0.25) is 4.79 Å². The molecule has 1 N–H and O–H groups in total. The van der Waals surface area contributed by atoms with Crippen LogP contribution in [0.1, 0.15) is 40.9 Å². The summed E-state index contributed by atoms with van der Waals surface area (Å²) in [5, 5.41) is 3.05. The zero-order valence-corrected chi connectivity index (χ0v) is 12.7. The van der Waals surface area contributed by atoms with E-state index in [4.69, 9.17) is 11.6 Å². The molecule has 21 heavy (non-hydrogen) atoms. The zero-order chi connectivity index (χ0) is 15.4. The van der Waals surface area contributed by atoms with Crippen molar-refractivity contribution in [1.29, 1.82) is 0 Å². The van der Waals surface area contributed by atoms with E-state index in [2.05, 4.69) is 5.32 Å². The molecule has 1 unspecified atom stereocenters. The molecule has 0 saturated heterocycles. The van der Waals surface area contributed by atoms with Crippen LogP contribution < -0.4 is 5.32 Å². The summed E-state index contributed by atoms with van der Waals surface area (Å²) >= 11 is 5.92. The Balaban J connectivity index is 2.18. The van der Waals surface area contributed by atoms with Crippen LogP contribution in [0.25, 0.3) is 0 Å². The Hall–Kier alpha value is -1.87. The fraction of sp³-hybridized carbons (Fsp3) is 0.235. The fourth-order valence-electron chi connectivity index (χ4n) is 2.13. The molecule has 0 saturated carbocycles. The molecule has 0 spiro atoms. The lowest BCUT2D eigenvalue weighted by molar-refractivity contribution is 0.0935. The van der Waals surface area contributed by atoms with Gasteiger partial charge in [0.1, 0.15) is 5.82 Å². The first kappa shape index (κ1) is 15.5. The summed E-state index contributed by atoms with van der Waals surface area (Å²) in [6.45, 7) is 4.01. The molecule has 110 valence electrons. The number of benzene rings is 2. The van der Waals surface area contributed by atoms with Gasteiger partial charge in [0.15, 0.2) is 0 Å². The Kier molecular flexibility index (Phi) is 4.97. The molecule has 0 heterocycles. The normalized spacial score (nSPS) is 12.0. The molecular weight excluding hydrogens is 289 g/mol. The van der Waals surface area contributed by atoms with Crippen LogP contribution in [0.3, 0.4) is 0 Å². The molecule has 0 radical (unpaired) electrons. The molecule has 0 aliphatic rings. The molecule has 1 amide bonds. The van der Waals surface area contributed by atoms with Crippen LogP contribution in [-0.2, 0) is 0 Å². The quantitative estimate of drug-likeness (QED) is 0.874. The van der Waals surface area contributed by atoms with Gasteiger partial charge >= 0.3 is 0 Å². The molecule has 2 aromatic carbocycles. The molecule has 2 rings (SSSR count). The van der Waals surface area contributed by atoms with Gasteiger partial charge in [-0.05, 0) is 37.1 Å². The summed E-state index contributed by atoms with van der Waals surface area (Å²) in [7, 11) is 0. The average Bonchev–Trinajstić information content (AvgIpc) is 2.45. The van der Waals surface area contributed by atoms with E-state index < -0.39 is 5.82 Å². The molecule has 2 nitrogen and oxygen atoms in total. The number of aryl methyl sites for hydroxylation is 1. The van der Waals surface area contributed by atoms with Crippen LogP contribution in [0.5, 0.6) is 0 Å². The Labute approximate surface area is 128 Å². The van der Waals surface area contributed by atoms with Gasteiger partial charge in [-0.15, -0.1) is 0 Å². The van der Waals surface area contributed by atoms with Gasteiger partial charge in [-0.2, -0.15) is 0 Å². The largest absolute Gasteiger partial charge is 0.345 e. The van der Waals surface area contributed by atoms with Crippen molar-refractivity contribution in [2.75, 3.05) is 0 Å². The predicted molar refractivity (Wildman–Crippen MR) is 83.1 cm³/mol. The molecule has 0 aliphatic heterocycles. The molecule has 4 heteroatoms. The molecule has 0 fully saturated rings. The zero-order valence-electron chi connectivity index (χ0n) is 12.0. The number of amides is 1.